The van der Waals surface area contributed by atoms with Crippen LogP contribution in [0.15, 0.2) is 30.2 Å². The van der Waals surface area contributed by atoms with E-state index in [0.717, 1.165) is 49.0 Å². The number of aliphatic carboxylic acids is 1. The van der Waals surface area contributed by atoms with E-state index in [2.05, 4.69) is 28.3 Å². The maximum Gasteiger partial charge on any atom is 0.348 e. The number of carbonyl (C=O) groups excluding carboxylic acids is 1. The molecule has 0 radical (unpaired) electrons. The summed E-state index contributed by atoms with van der Waals surface area (Å²) in [6.45, 7) is 4.22. The number of carboxylic acid groups (broad SMARTS) is 1. The van der Waals surface area contributed by atoms with Gasteiger partial charge in [0.2, 0.25) is 5.60 Å². The van der Waals surface area contributed by atoms with Crippen molar-refractivity contribution in [1.82, 2.24) is 20.0 Å². The average Bonchev–Trinajstić information content (AvgIpc) is 3.60. The van der Waals surface area contributed by atoms with Gasteiger partial charge in [0, 0.05) is 5.41 Å². The predicted octanol–water partition coefficient (Wildman–Crippen LogP) is 3.59. The number of hydrogen-bond acceptors (Lipinski definition) is 7. The Morgan fingerprint density at radius 2 is 1.95 bits per heavy atom. The van der Waals surface area contributed by atoms with Crippen LogP contribution in [0, 0.1) is 34.5 Å². The first-order valence-corrected chi connectivity index (χ1v) is 13.9. The standard InChI is InChI=1S/C29H34N4O5/c1-27-12-17-14-32-33(19-8-10-30-31-15-19)22(17)11-18(27)5-6-20-21-7-9-29(26(36)37,38-25(35)16-3-4-16)28(21,2)13-23(34)24(20)27/h8,10-11,14-16,20-21,23-24,34H,3-7,9,12-13H2,1-2H3,(H,36,37)/t20-,21-,23-,24+,27-,28-,29-/m0/s1. The number of allylic oxidation sites excluding steroid dienone is 1. The van der Waals surface area contributed by atoms with Crippen molar-refractivity contribution in [1.29, 1.82) is 0 Å². The average molecular weight is 519 g/mol. The summed E-state index contributed by atoms with van der Waals surface area (Å²) in [5.41, 5.74) is 1.75. The van der Waals surface area contributed by atoms with E-state index in [1.807, 2.05) is 23.9 Å². The maximum atomic E-state index is 12.8. The van der Waals surface area contributed by atoms with Crippen molar-refractivity contribution in [3.05, 3.63) is 41.5 Å². The number of carbonyl (C=O) groups is 2. The van der Waals surface area contributed by atoms with Gasteiger partial charge in [0.15, 0.2) is 0 Å². The number of fused-ring (bicyclic) bond motifs is 6. The van der Waals surface area contributed by atoms with Crippen LogP contribution in [0.1, 0.15) is 70.1 Å². The largest absolute Gasteiger partial charge is 0.478 e. The molecule has 2 N–H and O–H groups in total. The molecule has 5 aliphatic rings. The minimum absolute atomic E-state index is 0.00314. The van der Waals surface area contributed by atoms with E-state index in [1.165, 1.54) is 5.57 Å². The van der Waals surface area contributed by atoms with Crippen LogP contribution >= 0.6 is 0 Å². The van der Waals surface area contributed by atoms with Crippen molar-refractivity contribution in [2.45, 2.75) is 76.9 Å². The third kappa shape index (κ3) is 3.11. The van der Waals surface area contributed by atoms with E-state index in [1.54, 1.807) is 12.4 Å². The monoisotopic (exact) mass is 518 g/mol. The van der Waals surface area contributed by atoms with E-state index in [4.69, 9.17) is 4.74 Å². The third-order valence-electron chi connectivity index (χ3n) is 10.9. The quantitative estimate of drug-likeness (QED) is 0.588. The lowest BCUT2D eigenvalue weighted by molar-refractivity contribution is -0.211. The molecule has 7 atom stereocenters. The fourth-order valence-electron chi connectivity index (χ4n) is 8.92. The van der Waals surface area contributed by atoms with Gasteiger partial charge in [-0.05, 0) is 92.2 Å². The molecular formula is C29H34N4O5. The highest BCUT2D eigenvalue weighted by atomic mass is 16.6. The van der Waals surface area contributed by atoms with Crippen molar-refractivity contribution < 1.29 is 24.5 Å². The van der Waals surface area contributed by atoms with Crippen molar-refractivity contribution in [2.24, 2.45) is 34.5 Å². The molecule has 2 heterocycles. The first-order chi connectivity index (χ1) is 18.2. The molecule has 9 nitrogen and oxygen atoms in total. The summed E-state index contributed by atoms with van der Waals surface area (Å²) < 4.78 is 7.83. The Hall–Kier alpha value is -3.07. The van der Waals surface area contributed by atoms with Gasteiger partial charge in [-0.3, -0.25) is 4.79 Å². The Labute approximate surface area is 221 Å². The van der Waals surface area contributed by atoms with E-state index in [-0.39, 0.29) is 35.1 Å². The summed E-state index contributed by atoms with van der Waals surface area (Å²) in [6.07, 6.45) is 12.2. The zero-order valence-electron chi connectivity index (χ0n) is 21.8. The lowest BCUT2D eigenvalue weighted by Crippen LogP contribution is -2.63. The molecule has 2 aromatic heterocycles. The Bertz CT molecular complexity index is 1350. The first-order valence-electron chi connectivity index (χ1n) is 13.9. The van der Waals surface area contributed by atoms with Crippen LogP contribution < -0.4 is 0 Å². The molecule has 38 heavy (non-hydrogen) atoms. The van der Waals surface area contributed by atoms with Crippen molar-refractivity contribution in [3.8, 4) is 5.69 Å². The van der Waals surface area contributed by atoms with Gasteiger partial charge in [0.1, 0.15) is 0 Å². The second-order valence-corrected chi connectivity index (χ2v) is 12.7. The van der Waals surface area contributed by atoms with Gasteiger partial charge in [0.25, 0.3) is 0 Å². The summed E-state index contributed by atoms with van der Waals surface area (Å²) in [5, 5.41) is 34.8. The highest BCUT2D eigenvalue weighted by Crippen LogP contribution is 2.68. The highest BCUT2D eigenvalue weighted by molar-refractivity contribution is 5.85. The van der Waals surface area contributed by atoms with Gasteiger partial charge in [-0.2, -0.15) is 15.3 Å². The molecule has 7 rings (SSSR count). The maximum absolute atomic E-state index is 12.8. The fourth-order valence-corrected chi connectivity index (χ4v) is 8.92. The fraction of sp³-hybridized carbons (Fsp3) is 0.621. The van der Waals surface area contributed by atoms with Gasteiger partial charge in [-0.25, -0.2) is 9.48 Å². The number of carboxylic acids is 1. The van der Waals surface area contributed by atoms with Crippen molar-refractivity contribution in [3.63, 3.8) is 0 Å². The summed E-state index contributed by atoms with van der Waals surface area (Å²) in [5.74, 6) is -1.38. The van der Waals surface area contributed by atoms with E-state index < -0.39 is 23.1 Å². The highest BCUT2D eigenvalue weighted by Gasteiger charge is 2.71. The van der Waals surface area contributed by atoms with E-state index in [9.17, 15) is 19.8 Å². The number of ether oxygens (including phenoxy) is 1. The number of hydrogen-bond donors (Lipinski definition) is 2. The van der Waals surface area contributed by atoms with Gasteiger partial charge < -0.3 is 14.9 Å². The Morgan fingerprint density at radius 1 is 1.13 bits per heavy atom. The normalized spacial score (nSPS) is 39.3. The molecule has 0 unspecified atom stereocenters. The zero-order valence-corrected chi connectivity index (χ0v) is 21.8. The SMILES string of the molecule is C[C@]12Cc3cnn(-c4ccnnc4)c3C=C1CC[C@@H]1[C@@H]2[C@@H](O)C[C@@]2(C)[C@H]1CC[C@]2(OC(=O)C1CC1)C(=O)O. The van der Waals surface area contributed by atoms with Crippen molar-refractivity contribution >= 4 is 18.0 Å². The Kier molecular flexibility index (Phi) is 5.04. The molecule has 0 spiro atoms. The summed E-state index contributed by atoms with van der Waals surface area (Å²) in [4.78, 5) is 25.5. The molecule has 200 valence electrons. The molecule has 0 aliphatic heterocycles. The second kappa shape index (κ2) is 7.97. The smallest absolute Gasteiger partial charge is 0.348 e. The molecule has 4 saturated carbocycles. The number of aliphatic hydroxyl groups excluding tert-OH is 1. The third-order valence-corrected chi connectivity index (χ3v) is 10.9. The number of aliphatic hydroxyl groups is 1. The molecule has 0 amide bonds. The van der Waals surface area contributed by atoms with Gasteiger partial charge >= 0.3 is 11.9 Å². The lowest BCUT2D eigenvalue weighted by Gasteiger charge is -2.60. The Balaban J connectivity index is 1.24. The van der Waals surface area contributed by atoms with Crippen LogP contribution in [0.2, 0.25) is 0 Å². The molecule has 0 aromatic carbocycles. The minimum atomic E-state index is -1.57. The number of esters is 1. The minimum Gasteiger partial charge on any atom is -0.478 e. The summed E-state index contributed by atoms with van der Waals surface area (Å²) in [6, 6.07) is 1.89. The molecule has 2 aromatic rings. The van der Waals surface area contributed by atoms with Gasteiger partial charge in [-0.1, -0.05) is 19.4 Å². The predicted molar refractivity (Wildman–Crippen MR) is 136 cm³/mol. The molecule has 4 fully saturated rings. The lowest BCUT2D eigenvalue weighted by atomic mass is 9.45. The second-order valence-electron chi connectivity index (χ2n) is 12.7. The first kappa shape index (κ1) is 24.0. The molecule has 9 heteroatoms. The summed E-state index contributed by atoms with van der Waals surface area (Å²) in [7, 11) is 0. The number of nitrogens with zero attached hydrogens (tertiary/aromatic N) is 4. The molecular weight excluding hydrogens is 484 g/mol. The zero-order chi connectivity index (χ0) is 26.4. The molecule has 0 saturated heterocycles. The topological polar surface area (TPSA) is 127 Å². The molecule has 0 bridgehead atoms. The van der Waals surface area contributed by atoms with Gasteiger partial charge in [-0.15, -0.1) is 0 Å². The van der Waals surface area contributed by atoms with Crippen LogP contribution in [-0.2, 0) is 20.7 Å². The molecule has 5 aliphatic carbocycles. The van der Waals surface area contributed by atoms with Gasteiger partial charge in [0.05, 0.1) is 42.0 Å². The Morgan fingerprint density at radius 3 is 2.66 bits per heavy atom. The van der Waals surface area contributed by atoms with E-state index >= 15 is 0 Å². The van der Waals surface area contributed by atoms with Crippen LogP contribution in [0.25, 0.3) is 11.8 Å². The van der Waals surface area contributed by atoms with Crippen LogP contribution in [0.4, 0.5) is 0 Å². The van der Waals surface area contributed by atoms with Crippen molar-refractivity contribution in [2.75, 3.05) is 0 Å². The van der Waals surface area contributed by atoms with Crippen LogP contribution in [0.3, 0.4) is 0 Å². The van der Waals surface area contributed by atoms with E-state index in [0.29, 0.717) is 19.3 Å². The number of rotatable bonds is 4. The van der Waals surface area contributed by atoms with Crippen LogP contribution in [0.5, 0.6) is 0 Å². The summed E-state index contributed by atoms with van der Waals surface area (Å²) >= 11 is 0. The van der Waals surface area contributed by atoms with Crippen LogP contribution in [-0.4, -0.2) is 53.8 Å². The number of aromatic nitrogens is 4.